The molecule has 0 radical (unpaired) electrons. The van der Waals surface area contributed by atoms with Crippen molar-refractivity contribution in [3.05, 3.63) is 53.1 Å². The molecule has 1 nitrogen and oxygen atoms in total. The van der Waals surface area contributed by atoms with Crippen LogP contribution in [0.2, 0.25) is 0 Å². The fourth-order valence-corrected chi connectivity index (χ4v) is 5.37. The summed E-state index contributed by atoms with van der Waals surface area (Å²) in [5, 5.41) is 0. The topological polar surface area (TPSA) is 9.23 Å². The van der Waals surface area contributed by atoms with E-state index in [4.69, 9.17) is 4.74 Å². The smallest absolute Gasteiger partial charge is 0.200 e. The number of benzene rings is 1. The first-order valence-corrected chi connectivity index (χ1v) is 12.6. The van der Waals surface area contributed by atoms with Crippen molar-refractivity contribution in [1.29, 1.82) is 0 Å². The van der Waals surface area contributed by atoms with Gasteiger partial charge >= 0.3 is 0 Å². The summed E-state index contributed by atoms with van der Waals surface area (Å²) in [7, 11) is 0. The summed E-state index contributed by atoms with van der Waals surface area (Å²) in [6.45, 7) is 4.64. The zero-order chi connectivity index (χ0) is 22.1. The van der Waals surface area contributed by atoms with Crippen LogP contribution in [-0.2, 0) is 6.42 Å². The van der Waals surface area contributed by atoms with Crippen molar-refractivity contribution in [3.8, 4) is 5.75 Å². The van der Waals surface area contributed by atoms with E-state index >= 15 is 0 Å². The Morgan fingerprint density at radius 3 is 2.45 bits per heavy atom. The monoisotopic (exact) mass is 430 g/mol. The minimum absolute atomic E-state index is 0.0133. The number of hydrogen-bond acceptors (Lipinski definition) is 1. The molecule has 172 valence electrons. The minimum Gasteiger partial charge on any atom is -0.490 e. The van der Waals surface area contributed by atoms with Crippen molar-refractivity contribution >= 4 is 0 Å². The lowest BCUT2D eigenvalue weighted by Gasteiger charge is -2.35. The Bertz CT molecular complexity index is 744. The predicted molar refractivity (Wildman–Crippen MR) is 125 cm³/mol. The van der Waals surface area contributed by atoms with Crippen LogP contribution >= 0.6 is 0 Å². The maximum absolute atomic E-state index is 14.3. The van der Waals surface area contributed by atoms with Crippen molar-refractivity contribution in [1.82, 2.24) is 0 Å². The lowest BCUT2D eigenvalue weighted by molar-refractivity contribution is 0.187. The van der Waals surface area contributed by atoms with Gasteiger partial charge in [-0.3, -0.25) is 0 Å². The number of hydrogen-bond donors (Lipinski definition) is 0. The summed E-state index contributed by atoms with van der Waals surface area (Å²) < 4.78 is 33.6. The molecule has 0 aromatic heterocycles. The molecule has 0 spiro atoms. The van der Waals surface area contributed by atoms with Crippen LogP contribution in [0.25, 0.3) is 0 Å². The molecule has 2 aliphatic rings. The molecular weight excluding hydrogens is 390 g/mol. The molecule has 1 atom stereocenters. The molecule has 1 aromatic rings. The fourth-order valence-electron chi connectivity index (χ4n) is 5.37. The highest BCUT2D eigenvalue weighted by atomic mass is 19.2. The lowest BCUT2D eigenvalue weighted by Crippen LogP contribution is -2.23. The van der Waals surface area contributed by atoms with E-state index in [2.05, 4.69) is 25.2 Å². The third-order valence-corrected chi connectivity index (χ3v) is 7.24. The largest absolute Gasteiger partial charge is 0.490 e. The van der Waals surface area contributed by atoms with Crippen LogP contribution in [0.15, 0.2) is 35.9 Å². The van der Waals surface area contributed by atoms with Crippen molar-refractivity contribution in [2.75, 3.05) is 6.61 Å². The van der Waals surface area contributed by atoms with E-state index in [0.717, 1.165) is 30.6 Å². The highest BCUT2D eigenvalue weighted by Crippen LogP contribution is 2.40. The molecule has 3 heteroatoms. The third-order valence-electron chi connectivity index (χ3n) is 7.24. The highest BCUT2D eigenvalue weighted by Gasteiger charge is 2.28. The van der Waals surface area contributed by atoms with E-state index in [-0.39, 0.29) is 5.75 Å². The van der Waals surface area contributed by atoms with Crippen molar-refractivity contribution < 1.29 is 13.5 Å². The fraction of sp³-hybridized carbons (Fsp3) is 0.643. The summed E-state index contributed by atoms with van der Waals surface area (Å²) in [5.41, 5.74) is 1.83. The van der Waals surface area contributed by atoms with E-state index < -0.39 is 11.6 Å². The zero-order valence-electron chi connectivity index (χ0n) is 19.5. The van der Waals surface area contributed by atoms with Gasteiger partial charge in [0.2, 0.25) is 5.82 Å². The van der Waals surface area contributed by atoms with E-state index in [0.29, 0.717) is 25.0 Å². The molecule has 31 heavy (non-hydrogen) atoms. The molecule has 2 aliphatic carbocycles. The first kappa shape index (κ1) is 24.0. The molecule has 0 amide bonds. The molecule has 1 saturated carbocycles. The Morgan fingerprint density at radius 1 is 0.968 bits per heavy atom. The van der Waals surface area contributed by atoms with Gasteiger partial charge in [-0.05, 0) is 80.8 Å². The van der Waals surface area contributed by atoms with Gasteiger partial charge in [0.15, 0.2) is 11.6 Å². The second-order valence-corrected chi connectivity index (χ2v) is 9.52. The SMILES string of the molecule is CCCOc1ccc(CCC=CC2=CCC(C3CCC(CCC)CC3)CC2)c(F)c1F. The Labute approximate surface area is 188 Å². The standard InChI is InChI=1S/C28H40F2O/c1-3-7-21-10-14-23(15-11-21)24-16-12-22(13-17-24)8-5-6-9-25-18-19-26(31-20-4-2)28(30)27(25)29/h5,8,12,18-19,21,23-24H,3-4,6-7,9-11,13-17,20H2,1-2H3. The van der Waals surface area contributed by atoms with Crippen LogP contribution in [0.5, 0.6) is 5.75 Å². The first-order valence-electron chi connectivity index (χ1n) is 12.6. The Morgan fingerprint density at radius 2 is 1.77 bits per heavy atom. The Balaban J connectivity index is 1.42. The first-order chi connectivity index (χ1) is 15.1. The quantitative estimate of drug-likeness (QED) is 0.361. The minimum atomic E-state index is -0.861. The summed E-state index contributed by atoms with van der Waals surface area (Å²) in [4.78, 5) is 0. The molecular formula is C28H40F2O. The van der Waals surface area contributed by atoms with Crippen LogP contribution < -0.4 is 4.74 Å². The van der Waals surface area contributed by atoms with Crippen LogP contribution in [0.1, 0.15) is 90.0 Å². The predicted octanol–water partition coefficient (Wildman–Crippen LogP) is 8.58. The lowest BCUT2D eigenvalue weighted by atomic mass is 9.71. The summed E-state index contributed by atoms with van der Waals surface area (Å²) in [6, 6.07) is 3.20. The summed E-state index contributed by atoms with van der Waals surface area (Å²) in [6.07, 6.45) is 20.9. The van der Waals surface area contributed by atoms with E-state index in [1.165, 1.54) is 56.9 Å². The summed E-state index contributed by atoms with van der Waals surface area (Å²) >= 11 is 0. The molecule has 3 rings (SSSR count). The second kappa shape index (κ2) is 12.4. The molecule has 0 N–H and O–H groups in total. The van der Waals surface area contributed by atoms with Crippen LogP contribution in [0.4, 0.5) is 8.78 Å². The zero-order valence-corrected chi connectivity index (χ0v) is 19.5. The van der Waals surface area contributed by atoms with Crippen LogP contribution in [-0.4, -0.2) is 6.61 Å². The summed E-state index contributed by atoms with van der Waals surface area (Å²) in [5.74, 6) is 1.16. The van der Waals surface area contributed by atoms with Crippen molar-refractivity contribution in [3.63, 3.8) is 0 Å². The molecule has 0 saturated heterocycles. The van der Waals surface area contributed by atoms with Gasteiger partial charge in [0.1, 0.15) is 0 Å². The van der Waals surface area contributed by atoms with Gasteiger partial charge < -0.3 is 4.74 Å². The average molecular weight is 431 g/mol. The third kappa shape index (κ3) is 6.92. The van der Waals surface area contributed by atoms with Crippen LogP contribution in [0, 0.1) is 29.4 Å². The van der Waals surface area contributed by atoms with Gasteiger partial charge in [-0.25, -0.2) is 4.39 Å². The van der Waals surface area contributed by atoms with Gasteiger partial charge in [0, 0.05) is 0 Å². The highest BCUT2D eigenvalue weighted by molar-refractivity contribution is 5.31. The number of ether oxygens (including phenoxy) is 1. The molecule has 0 aliphatic heterocycles. The van der Waals surface area contributed by atoms with E-state index in [1.54, 1.807) is 12.1 Å². The van der Waals surface area contributed by atoms with E-state index in [9.17, 15) is 8.78 Å². The van der Waals surface area contributed by atoms with Gasteiger partial charge in [-0.15, -0.1) is 0 Å². The Hall–Kier alpha value is -1.64. The maximum atomic E-state index is 14.3. The molecule has 0 heterocycles. The van der Waals surface area contributed by atoms with Gasteiger partial charge in [0.25, 0.3) is 0 Å². The van der Waals surface area contributed by atoms with E-state index in [1.807, 2.05) is 6.92 Å². The normalized spacial score (nSPS) is 24.4. The number of rotatable bonds is 10. The van der Waals surface area contributed by atoms with Gasteiger partial charge in [-0.2, -0.15) is 4.39 Å². The van der Waals surface area contributed by atoms with Gasteiger partial charge in [0.05, 0.1) is 6.61 Å². The van der Waals surface area contributed by atoms with Crippen molar-refractivity contribution in [2.24, 2.45) is 17.8 Å². The molecule has 0 bridgehead atoms. The molecule has 1 unspecified atom stereocenters. The molecule has 1 aromatic carbocycles. The van der Waals surface area contributed by atoms with Crippen LogP contribution in [0.3, 0.4) is 0 Å². The maximum Gasteiger partial charge on any atom is 0.200 e. The number of allylic oxidation sites excluding steroid dienone is 4. The second-order valence-electron chi connectivity index (χ2n) is 9.52. The Kier molecular flexibility index (Phi) is 9.61. The molecule has 1 fully saturated rings. The number of halogens is 2. The van der Waals surface area contributed by atoms with Crippen molar-refractivity contribution in [2.45, 2.75) is 90.9 Å². The van der Waals surface area contributed by atoms with Gasteiger partial charge in [-0.1, -0.05) is 69.4 Å². The number of aryl methyl sites for hydroxylation is 1. The average Bonchev–Trinajstić information content (AvgIpc) is 2.80.